The molecule has 0 radical (unpaired) electrons. The first-order valence-corrected chi connectivity index (χ1v) is 15.2. The number of unbranched alkanes of at least 4 members (excludes halogenated alkanes) is 13. The summed E-state index contributed by atoms with van der Waals surface area (Å²) in [5.41, 5.74) is 0. The number of phosphoric ester groups is 1. The van der Waals surface area contributed by atoms with Crippen LogP contribution in [0.15, 0.2) is 0 Å². The molecule has 0 fully saturated rings. The summed E-state index contributed by atoms with van der Waals surface area (Å²) in [6.07, 6.45) is 17.8. The van der Waals surface area contributed by atoms with Crippen LogP contribution in [0.4, 0.5) is 4.79 Å². The van der Waals surface area contributed by atoms with Crippen molar-refractivity contribution in [1.82, 2.24) is 0 Å². The topological polar surface area (TPSA) is 94.1 Å². The van der Waals surface area contributed by atoms with Gasteiger partial charge in [-0.1, -0.05) is 96.8 Å². The normalized spacial score (nSPS) is 14.5. The van der Waals surface area contributed by atoms with Crippen molar-refractivity contribution in [2.45, 2.75) is 103 Å². The summed E-state index contributed by atoms with van der Waals surface area (Å²) in [6.45, 7) is 2.85. The van der Waals surface area contributed by atoms with Crippen molar-refractivity contribution in [3.63, 3.8) is 0 Å². The van der Waals surface area contributed by atoms with Gasteiger partial charge in [0.25, 0.3) is 7.82 Å². The van der Waals surface area contributed by atoms with Gasteiger partial charge in [0.2, 0.25) is 0 Å². The highest BCUT2D eigenvalue weighted by atomic mass is 31.2. The van der Waals surface area contributed by atoms with Crippen LogP contribution in [0.5, 0.6) is 0 Å². The number of quaternary nitrogens is 1. The summed E-state index contributed by atoms with van der Waals surface area (Å²) in [5, 5.41) is 0. The molecule has 9 heteroatoms. The number of nitrogens with zero attached hydrogens (tertiary/aromatic N) is 1. The minimum absolute atomic E-state index is 0.0595. The Bertz CT molecular complexity index is 554. The number of rotatable bonds is 24. The van der Waals surface area contributed by atoms with E-state index >= 15 is 0 Å². The van der Waals surface area contributed by atoms with E-state index in [1.807, 2.05) is 21.1 Å². The Balaban J connectivity index is 4.02. The van der Waals surface area contributed by atoms with Crippen LogP contribution in [0, 0.1) is 5.92 Å². The zero-order valence-electron chi connectivity index (χ0n) is 23.3. The molecule has 0 bridgehead atoms. The van der Waals surface area contributed by atoms with Crippen LogP contribution in [-0.2, 0) is 23.1 Å². The summed E-state index contributed by atoms with van der Waals surface area (Å²) in [7, 11) is 2.72. The molecular formula is C26H54NO7P. The van der Waals surface area contributed by atoms with Gasteiger partial charge >= 0.3 is 6.16 Å². The van der Waals surface area contributed by atoms with Gasteiger partial charge < -0.3 is 27.9 Å². The number of carbonyl (C=O) groups excluding carboxylic acids is 1. The summed E-state index contributed by atoms with van der Waals surface area (Å²) in [5.74, 6) is -0.226. The van der Waals surface area contributed by atoms with Crippen LogP contribution in [0.3, 0.4) is 0 Å². The first-order valence-electron chi connectivity index (χ1n) is 13.7. The largest absolute Gasteiger partial charge is 0.756 e. The van der Waals surface area contributed by atoms with Crippen LogP contribution in [0.2, 0.25) is 0 Å². The molecule has 0 saturated carbocycles. The number of phosphoric acid groups is 1. The smallest absolute Gasteiger partial charge is 0.507 e. The molecule has 8 nitrogen and oxygen atoms in total. The fourth-order valence-corrected chi connectivity index (χ4v) is 4.52. The number of ether oxygens (including phenoxy) is 2. The standard InChI is InChI=1S/C26H54NO7P/c1-6-7-8-9-10-11-12-13-14-15-16-17-18-19-20-25(23-32-26(28)31-5)24-34-35(29,30)33-22-21-27(2,3)4/h25H,6-24H2,1-5H3. The van der Waals surface area contributed by atoms with Crippen molar-refractivity contribution in [2.24, 2.45) is 5.92 Å². The van der Waals surface area contributed by atoms with Crippen molar-refractivity contribution >= 4 is 14.0 Å². The van der Waals surface area contributed by atoms with Gasteiger partial charge in [0.05, 0.1) is 41.5 Å². The van der Waals surface area contributed by atoms with E-state index in [4.69, 9.17) is 13.8 Å². The molecule has 0 aliphatic carbocycles. The zero-order chi connectivity index (χ0) is 26.4. The van der Waals surface area contributed by atoms with Crippen LogP contribution >= 0.6 is 7.82 Å². The van der Waals surface area contributed by atoms with Gasteiger partial charge in [-0.3, -0.25) is 4.57 Å². The lowest BCUT2D eigenvalue weighted by Gasteiger charge is -2.28. The third kappa shape index (κ3) is 24.8. The third-order valence-electron chi connectivity index (χ3n) is 6.05. The van der Waals surface area contributed by atoms with E-state index in [0.717, 1.165) is 19.3 Å². The number of hydrogen-bond acceptors (Lipinski definition) is 7. The molecule has 210 valence electrons. The van der Waals surface area contributed by atoms with Gasteiger partial charge in [-0.25, -0.2) is 4.79 Å². The first kappa shape index (κ1) is 34.3. The van der Waals surface area contributed by atoms with Crippen molar-refractivity contribution in [3.8, 4) is 0 Å². The van der Waals surface area contributed by atoms with E-state index in [2.05, 4.69) is 11.7 Å². The summed E-state index contributed by atoms with van der Waals surface area (Å²) >= 11 is 0. The number of hydrogen-bond donors (Lipinski definition) is 0. The quantitative estimate of drug-likeness (QED) is 0.0620. The van der Waals surface area contributed by atoms with Crippen molar-refractivity contribution in [3.05, 3.63) is 0 Å². The molecule has 0 rings (SSSR count). The van der Waals surface area contributed by atoms with Crippen LogP contribution < -0.4 is 4.89 Å². The van der Waals surface area contributed by atoms with Gasteiger partial charge in [-0.2, -0.15) is 0 Å². The van der Waals surface area contributed by atoms with Gasteiger partial charge in [-0.15, -0.1) is 0 Å². The minimum atomic E-state index is -4.39. The summed E-state index contributed by atoms with van der Waals surface area (Å²) in [4.78, 5) is 23.4. The van der Waals surface area contributed by atoms with E-state index in [1.165, 1.54) is 77.7 Å². The maximum atomic E-state index is 12.1. The number of likely N-dealkylation sites (N-methyl/N-ethyl adjacent to an activating group) is 1. The van der Waals surface area contributed by atoms with Crippen molar-refractivity contribution in [2.75, 3.05) is 54.6 Å². The van der Waals surface area contributed by atoms with E-state index < -0.39 is 14.0 Å². The SMILES string of the molecule is CCCCCCCCCCCCCCCCC(COC(=O)OC)COP(=O)([O-])OCC[N+](C)(C)C. The lowest BCUT2D eigenvalue weighted by molar-refractivity contribution is -0.870. The van der Waals surface area contributed by atoms with Crippen molar-refractivity contribution in [1.29, 1.82) is 0 Å². The average molecular weight is 524 g/mol. The second-order valence-corrected chi connectivity index (χ2v) is 12.0. The molecule has 0 aromatic carbocycles. The Morgan fingerprint density at radius 3 is 1.74 bits per heavy atom. The van der Waals surface area contributed by atoms with E-state index in [1.54, 1.807) is 0 Å². The van der Waals surface area contributed by atoms with E-state index in [0.29, 0.717) is 17.4 Å². The van der Waals surface area contributed by atoms with Gasteiger partial charge in [0, 0.05) is 5.92 Å². The molecule has 0 aromatic rings. The fourth-order valence-electron chi connectivity index (χ4n) is 3.75. The summed E-state index contributed by atoms with van der Waals surface area (Å²) < 4.78 is 32.2. The highest BCUT2D eigenvalue weighted by molar-refractivity contribution is 7.45. The molecule has 35 heavy (non-hydrogen) atoms. The van der Waals surface area contributed by atoms with Gasteiger partial charge in [-0.05, 0) is 6.42 Å². The first-order chi connectivity index (χ1) is 16.6. The Kier molecular flexibility index (Phi) is 21.0. The maximum Gasteiger partial charge on any atom is 0.507 e. The highest BCUT2D eigenvalue weighted by Gasteiger charge is 2.18. The van der Waals surface area contributed by atoms with Gasteiger partial charge in [0.1, 0.15) is 13.2 Å². The molecule has 0 aliphatic heterocycles. The lowest BCUT2D eigenvalue weighted by atomic mass is 10.0. The predicted molar refractivity (Wildman–Crippen MR) is 139 cm³/mol. The minimum Gasteiger partial charge on any atom is -0.756 e. The molecule has 0 aromatic heterocycles. The van der Waals surface area contributed by atoms with Gasteiger partial charge in [0.15, 0.2) is 0 Å². The zero-order valence-corrected chi connectivity index (χ0v) is 24.2. The van der Waals surface area contributed by atoms with Crippen LogP contribution in [-0.4, -0.2) is 65.3 Å². The third-order valence-corrected chi connectivity index (χ3v) is 7.01. The van der Waals surface area contributed by atoms with E-state index in [-0.39, 0.29) is 25.7 Å². The van der Waals surface area contributed by atoms with Crippen LogP contribution in [0.25, 0.3) is 0 Å². The Labute approximate surface area is 215 Å². The highest BCUT2D eigenvalue weighted by Crippen LogP contribution is 2.39. The molecule has 2 atom stereocenters. The number of methoxy groups -OCH3 is 1. The predicted octanol–water partition coefficient (Wildman–Crippen LogP) is 6.46. The monoisotopic (exact) mass is 523 g/mol. The second kappa shape index (κ2) is 21.4. The molecule has 2 unspecified atom stereocenters. The molecule has 0 N–H and O–H groups in total. The fraction of sp³-hybridized carbons (Fsp3) is 0.962. The average Bonchev–Trinajstić information content (AvgIpc) is 2.79. The van der Waals surface area contributed by atoms with Crippen molar-refractivity contribution < 1.29 is 37.3 Å². The van der Waals surface area contributed by atoms with E-state index in [9.17, 15) is 14.3 Å². The maximum absolute atomic E-state index is 12.1. The number of carbonyl (C=O) groups is 1. The Morgan fingerprint density at radius 1 is 0.800 bits per heavy atom. The molecule has 0 heterocycles. The molecule has 0 amide bonds. The summed E-state index contributed by atoms with van der Waals surface area (Å²) in [6, 6.07) is 0. The Morgan fingerprint density at radius 2 is 1.29 bits per heavy atom. The molecule has 0 spiro atoms. The Hall–Kier alpha value is -0.660. The van der Waals surface area contributed by atoms with Crippen LogP contribution in [0.1, 0.15) is 103 Å². The lowest BCUT2D eigenvalue weighted by Crippen LogP contribution is -2.37. The molecule has 0 saturated heterocycles. The molecular weight excluding hydrogens is 469 g/mol. The molecule has 0 aliphatic rings. The second-order valence-electron chi connectivity index (χ2n) is 10.6.